The predicted molar refractivity (Wildman–Crippen MR) is 144 cm³/mol. The molecule has 0 aliphatic carbocycles. The Morgan fingerprint density at radius 3 is 2.30 bits per heavy atom. The monoisotopic (exact) mass is 500 g/mol. The number of para-hydroxylation sites is 2. The smallest absolute Gasteiger partial charge is 0.341 e. The summed E-state index contributed by atoms with van der Waals surface area (Å²) >= 11 is 0. The van der Waals surface area contributed by atoms with Crippen LogP contribution in [0.4, 0.5) is 0 Å². The SMILES string of the molecule is COc1ccccc1Cn1nc(-c2c(C)cc(C(C)C)cc2OCC(=O)O)cc1-c1ccccc1OC. The van der Waals surface area contributed by atoms with Crippen LogP contribution >= 0.6 is 0 Å². The van der Waals surface area contributed by atoms with Gasteiger partial charge in [-0.1, -0.05) is 50.2 Å². The summed E-state index contributed by atoms with van der Waals surface area (Å²) < 4.78 is 19.0. The lowest BCUT2D eigenvalue weighted by Gasteiger charge is -2.16. The number of hydrogen-bond donors (Lipinski definition) is 1. The van der Waals surface area contributed by atoms with Crippen molar-refractivity contribution < 1.29 is 24.1 Å². The van der Waals surface area contributed by atoms with E-state index in [1.165, 1.54) is 0 Å². The first-order valence-electron chi connectivity index (χ1n) is 12.1. The molecule has 0 spiro atoms. The van der Waals surface area contributed by atoms with Crippen LogP contribution in [0, 0.1) is 6.92 Å². The molecule has 4 aromatic rings. The number of benzene rings is 3. The number of carbonyl (C=O) groups is 1. The van der Waals surface area contributed by atoms with E-state index in [0.29, 0.717) is 18.0 Å². The van der Waals surface area contributed by atoms with Crippen molar-refractivity contribution in [2.45, 2.75) is 33.2 Å². The number of aliphatic carboxylic acids is 1. The first-order valence-corrected chi connectivity index (χ1v) is 12.1. The summed E-state index contributed by atoms with van der Waals surface area (Å²) in [5, 5.41) is 14.3. The molecule has 0 fully saturated rings. The molecule has 37 heavy (non-hydrogen) atoms. The molecule has 0 aliphatic rings. The number of aryl methyl sites for hydroxylation is 1. The van der Waals surface area contributed by atoms with E-state index in [9.17, 15) is 9.90 Å². The Kier molecular flexibility index (Phi) is 7.82. The normalized spacial score (nSPS) is 11.0. The second kappa shape index (κ2) is 11.2. The van der Waals surface area contributed by atoms with E-state index in [-0.39, 0.29) is 5.92 Å². The van der Waals surface area contributed by atoms with Gasteiger partial charge in [-0.15, -0.1) is 0 Å². The summed E-state index contributed by atoms with van der Waals surface area (Å²) in [6.07, 6.45) is 0. The highest BCUT2D eigenvalue weighted by Gasteiger charge is 2.21. The minimum absolute atomic E-state index is 0.257. The molecule has 0 amide bonds. The standard InChI is InChI=1S/C30H32N2O5/c1-19(2)22-14-20(3)30(28(15-22)37-18-29(33)34)24-16-25(23-11-7-9-13-27(23)36-5)32(31-24)17-21-10-6-8-12-26(21)35-4/h6-16,19H,17-18H2,1-5H3,(H,33,34). The number of nitrogens with zero attached hydrogens (tertiary/aromatic N) is 2. The van der Waals surface area contributed by atoms with Gasteiger partial charge in [0.15, 0.2) is 6.61 Å². The largest absolute Gasteiger partial charge is 0.496 e. The molecule has 1 heterocycles. The fourth-order valence-electron chi connectivity index (χ4n) is 4.42. The van der Waals surface area contributed by atoms with Crippen LogP contribution in [0.25, 0.3) is 22.5 Å². The van der Waals surface area contributed by atoms with E-state index in [0.717, 1.165) is 45.0 Å². The lowest BCUT2D eigenvalue weighted by molar-refractivity contribution is -0.139. The van der Waals surface area contributed by atoms with Gasteiger partial charge in [0.1, 0.15) is 17.2 Å². The molecule has 3 aromatic carbocycles. The van der Waals surface area contributed by atoms with E-state index in [4.69, 9.17) is 19.3 Å². The molecule has 0 aliphatic heterocycles. The fraction of sp³-hybridized carbons (Fsp3) is 0.267. The van der Waals surface area contributed by atoms with E-state index in [2.05, 4.69) is 19.9 Å². The van der Waals surface area contributed by atoms with Gasteiger partial charge in [-0.25, -0.2) is 4.79 Å². The van der Waals surface area contributed by atoms with Crippen LogP contribution in [0.5, 0.6) is 17.2 Å². The van der Waals surface area contributed by atoms with Crippen LogP contribution in [0.3, 0.4) is 0 Å². The third kappa shape index (κ3) is 5.61. The third-order valence-electron chi connectivity index (χ3n) is 6.27. The average Bonchev–Trinajstić information content (AvgIpc) is 3.30. The zero-order chi connectivity index (χ0) is 26.5. The van der Waals surface area contributed by atoms with Gasteiger partial charge in [-0.3, -0.25) is 4.68 Å². The van der Waals surface area contributed by atoms with Gasteiger partial charge in [0, 0.05) is 16.7 Å². The molecule has 7 nitrogen and oxygen atoms in total. The average molecular weight is 501 g/mol. The van der Waals surface area contributed by atoms with Gasteiger partial charge in [0.25, 0.3) is 0 Å². The Morgan fingerprint density at radius 1 is 0.946 bits per heavy atom. The molecule has 0 unspecified atom stereocenters. The van der Waals surface area contributed by atoms with E-state index in [1.54, 1.807) is 14.2 Å². The molecule has 1 aromatic heterocycles. The molecule has 0 atom stereocenters. The quantitative estimate of drug-likeness (QED) is 0.280. The molecule has 1 N–H and O–H groups in total. The minimum Gasteiger partial charge on any atom is -0.496 e. The second-order valence-corrected chi connectivity index (χ2v) is 9.13. The Balaban J connectivity index is 1.92. The van der Waals surface area contributed by atoms with Gasteiger partial charge < -0.3 is 19.3 Å². The summed E-state index contributed by atoms with van der Waals surface area (Å²) in [5.74, 6) is 1.22. The first kappa shape index (κ1) is 25.8. The molecule has 192 valence electrons. The highest BCUT2D eigenvalue weighted by molar-refractivity contribution is 5.78. The second-order valence-electron chi connectivity index (χ2n) is 9.13. The lowest BCUT2D eigenvalue weighted by atomic mass is 9.95. The minimum atomic E-state index is -1.03. The molecule has 0 saturated carbocycles. The zero-order valence-electron chi connectivity index (χ0n) is 21.8. The maximum atomic E-state index is 11.3. The number of aromatic nitrogens is 2. The number of hydrogen-bond acceptors (Lipinski definition) is 5. The van der Waals surface area contributed by atoms with Crippen molar-refractivity contribution in [3.63, 3.8) is 0 Å². The number of methoxy groups -OCH3 is 2. The number of ether oxygens (including phenoxy) is 3. The van der Waals surface area contributed by atoms with Crippen LogP contribution in [-0.4, -0.2) is 41.7 Å². The highest BCUT2D eigenvalue weighted by atomic mass is 16.5. The number of rotatable bonds is 10. The summed E-state index contributed by atoms with van der Waals surface area (Å²) in [6, 6.07) is 21.7. The summed E-state index contributed by atoms with van der Waals surface area (Å²) in [7, 11) is 3.30. The van der Waals surface area contributed by atoms with Crippen LogP contribution in [0.1, 0.15) is 36.5 Å². The van der Waals surface area contributed by atoms with Gasteiger partial charge in [0.05, 0.1) is 32.2 Å². The zero-order valence-corrected chi connectivity index (χ0v) is 21.8. The van der Waals surface area contributed by atoms with Crippen molar-refractivity contribution in [2.24, 2.45) is 0 Å². The Labute approximate surface area is 217 Å². The van der Waals surface area contributed by atoms with Gasteiger partial charge in [0.2, 0.25) is 0 Å². The van der Waals surface area contributed by atoms with Crippen molar-refractivity contribution in [3.05, 3.63) is 83.4 Å². The van der Waals surface area contributed by atoms with Crippen molar-refractivity contribution in [2.75, 3.05) is 20.8 Å². The van der Waals surface area contributed by atoms with E-state index in [1.807, 2.05) is 72.3 Å². The number of carboxylic acid groups (broad SMARTS) is 1. The van der Waals surface area contributed by atoms with Crippen LogP contribution in [0.2, 0.25) is 0 Å². The Hall–Kier alpha value is -4.26. The maximum Gasteiger partial charge on any atom is 0.341 e. The van der Waals surface area contributed by atoms with Crippen LogP contribution in [0.15, 0.2) is 66.7 Å². The number of carboxylic acids is 1. The molecule has 0 bridgehead atoms. The molecular formula is C30H32N2O5. The topological polar surface area (TPSA) is 82.8 Å². The van der Waals surface area contributed by atoms with E-state index < -0.39 is 12.6 Å². The maximum absolute atomic E-state index is 11.3. The Morgan fingerprint density at radius 2 is 1.62 bits per heavy atom. The Bertz CT molecular complexity index is 1410. The van der Waals surface area contributed by atoms with Crippen molar-refractivity contribution in [3.8, 4) is 39.8 Å². The van der Waals surface area contributed by atoms with Crippen molar-refractivity contribution in [1.82, 2.24) is 9.78 Å². The van der Waals surface area contributed by atoms with E-state index >= 15 is 0 Å². The molecule has 7 heteroatoms. The molecule has 4 rings (SSSR count). The van der Waals surface area contributed by atoms with Crippen molar-refractivity contribution >= 4 is 5.97 Å². The fourth-order valence-corrected chi connectivity index (χ4v) is 4.42. The molecular weight excluding hydrogens is 468 g/mol. The summed E-state index contributed by atoms with van der Waals surface area (Å²) in [6.45, 7) is 6.21. The molecule has 0 saturated heterocycles. The van der Waals surface area contributed by atoms with Gasteiger partial charge in [-0.05, 0) is 54.3 Å². The van der Waals surface area contributed by atoms with Crippen LogP contribution < -0.4 is 14.2 Å². The van der Waals surface area contributed by atoms with Gasteiger partial charge in [-0.2, -0.15) is 5.10 Å². The summed E-state index contributed by atoms with van der Waals surface area (Å²) in [5.41, 5.74) is 6.20. The first-order chi connectivity index (χ1) is 17.8. The predicted octanol–water partition coefficient (Wildman–Crippen LogP) is 6.18. The lowest BCUT2D eigenvalue weighted by Crippen LogP contribution is -2.11. The van der Waals surface area contributed by atoms with Crippen LogP contribution in [-0.2, 0) is 11.3 Å². The highest BCUT2D eigenvalue weighted by Crippen LogP contribution is 2.39. The molecule has 0 radical (unpaired) electrons. The van der Waals surface area contributed by atoms with Gasteiger partial charge >= 0.3 is 5.97 Å². The summed E-state index contributed by atoms with van der Waals surface area (Å²) in [4.78, 5) is 11.3. The third-order valence-corrected chi connectivity index (χ3v) is 6.27. The van der Waals surface area contributed by atoms with Crippen molar-refractivity contribution in [1.29, 1.82) is 0 Å².